The molecule has 1 heterocycles. The fourth-order valence-corrected chi connectivity index (χ4v) is 0.772. The van der Waals surface area contributed by atoms with Gasteiger partial charge in [0.2, 0.25) is 6.41 Å². The monoisotopic (exact) mass is 139 g/mol. The molecule has 54 valence electrons. The molecule has 0 aliphatic rings. The Balaban J connectivity index is 2.92. The highest BCUT2D eigenvalue weighted by atomic mass is 16.3. The fraction of sp³-hybridized carbons (Fsp3) is 0.286. The highest BCUT2D eigenvalue weighted by Gasteiger charge is 2.03. The SMILES string of the molecule is Cc1cocc1N(C)C=O. The van der Waals surface area contributed by atoms with Gasteiger partial charge in [0.25, 0.3) is 0 Å². The van der Waals surface area contributed by atoms with Crippen LogP contribution >= 0.6 is 0 Å². The Kier molecular flexibility index (Phi) is 1.76. The summed E-state index contributed by atoms with van der Waals surface area (Å²) in [7, 11) is 1.69. The van der Waals surface area contributed by atoms with Gasteiger partial charge in [-0.1, -0.05) is 0 Å². The van der Waals surface area contributed by atoms with Crippen molar-refractivity contribution in [3.05, 3.63) is 18.1 Å². The average Bonchev–Trinajstić information content (AvgIpc) is 2.34. The number of amides is 1. The molecule has 0 aromatic carbocycles. The first-order valence-electron chi connectivity index (χ1n) is 2.96. The quantitative estimate of drug-likeness (QED) is 0.576. The van der Waals surface area contributed by atoms with Crippen LogP contribution in [0.3, 0.4) is 0 Å². The van der Waals surface area contributed by atoms with Crippen LogP contribution in [-0.2, 0) is 4.79 Å². The van der Waals surface area contributed by atoms with Crippen molar-refractivity contribution in [2.45, 2.75) is 6.92 Å². The van der Waals surface area contributed by atoms with Gasteiger partial charge in [0.05, 0.1) is 12.0 Å². The molecule has 1 aromatic rings. The highest BCUT2D eigenvalue weighted by molar-refractivity contribution is 5.75. The molecule has 0 spiro atoms. The summed E-state index contributed by atoms with van der Waals surface area (Å²) in [5.74, 6) is 0. The number of carbonyl (C=O) groups is 1. The smallest absolute Gasteiger partial charge is 0.213 e. The van der Waals surface area contributed by atoms with Crippen LogP contribution in [0.4, 0.5) is 5.69 Å². The number of aryl methyl sites for hydroxylation is 1. The second kappa shape index (κ2) is 2.56. The van der Waals surface area contributed by atoms with E-state index in [1.165, 1.54) is 4.90 Å². The molecule has 0 aliphatic carbocycles. The van der Waals surface area contributed by atoms with Gasteiger partial charge in [-0.05, 0) is 6.92 Å². The lowest BCUT2D eigenvalue weighted by molar-refractivity contribution is -0.107. The molecule has 3 nitrogen and oxygen atoms in total. The van der Waals surface area contributed by atoms with Crippen molar-refractivity contribution in [2.75, 3.05) is 11.9 Å². The van der Waals surface area contributed by atoms with Crippen LogP contribution in [-0.4, -0.2) is 13.5 Å². The standard InChI is InChI=1S/C7H9NO2/c1-6-3-10-4-7(6)8(2)5-9/h3-5H,1-2H3. The van der Waals surface area contributed by atoms with Gasteiger partial charge in [-0.2, -0.15) is 0 Å². The molecule has 0 saturated heterocycles. The minimum atomic E-state index is 0.748. The summed E-state index contributed by atoms with van der Waals surface area (Å²) in [5.41, 5.74) is 1.78. The zero-order valence-electron chi connectivity index (χ0n) is 6.00. The van der Waals surface area contributed by atoms with E-state index in [1.54, 1.807) is 19.6 Å². The lowest BCUT2D eigenvalue weighted by atomic mass is 10.3. The van der Waals surface area contributed by atoms with Crippen LogP contribution < -0.4 is 4.90 Å². The van der Waals surface area contributed by atoms with Crippen molar-refractivity contribution in [3.8, 4) is 0 Å². The Morgan fingerprint density at radius 1 is 1.60 bits per heavy atom. The number of anilines is 1. The van der Waals surface area contributed by atoms with Crippen LogP contribution in [0.2, 0.25) is 0 Å². The lowest BCUT2D eigenvalue weighted by Gasteiger charge is -2.06. The fourth-order valence-electron chi connectivity index (χ4n) is 0.772. The molecule has 0 saturated carbocycles. The number of furan rings is 1. The molecule has 0 fully saturated rings. The molecule has 0 unspecified atom stereocenters. The first kappa shape index (κ1) is 6.86. The second-order valence-corrected chi connectivity index (χ2v) is 2.16. The van der Waals surface area contributed by atoms with Crippen molar-refractivity contribution in [1.29, 1.82) is 0 Å². The Hall–Kier alpha value is -1.25. The normalized spacial score (nSPS) is 9.40. The number of nitrogens with zero attached hydrogens (tertiary/aromatic N) is 1. The average molecular weight is 139 g/mol. The van der Waals surface area contributed by atoms with Crippen LogP contribution in [0.1, 0.15) is 5.56 Å². The van der Waals surface area contributed by atoms with E-state index < -0.39 is 0 Å². The topological polar surface area (TPSA) is 33.5 Å². The van der Waals surface area contributed by atoms with Crippen molar-refractivity contribution in [1.82, 2.24) is 0 Å². The Morgan fingerprint density at radius 2 is 2.30 bits per heavy atom. The highest BCUT2D eigenvalue weighted by Crippen LogP contribution is 2.17. The number of hydrogen-bond acceptors (Lipinski definition) is 2. The third-order valence-corrected chi connectivity index (χ3v) is 1.37. The molecule has 0 radical (unpaired) electrons. The van der Waals surface area contributed by atoms with E-state index in [2.05, 4.69) is 0 Å². The van der Waals surface area contributed by atoms with Crippen LogP contribution in [0.15, 0.2) is 16.9 Å². The zero-order valence-corrected chi connectivity index (χ0v) is 6.00. The third-order valence-electron chi connectivity index (χ3n) is 1.37. The van der Waals surface area contributed by atoms with Crippen molar-refractivity contribution < 1.29 is 9.21 Å². The first-order chi connectivity index (χ1) is 4.75. The van der Waals surface area contributed by atoms with E-state index in [0.29, 0.717) is 0 Å². The number of rotatable bonds is 2. The van der Waals surface area contributed by atoms with E-state index in [9.17, 15) is 4.79 Å². The second-order valence-electron chi connectivity index (χ2n) is 2.16. The zero-order chi connectivity index (χ0) is 7.56. The van der Waals surface area contributed by atoms with Gasteiger partial charge in [0.1, 0.15) is 6.26 Å². The third kappa shape index (κ3) is 1.03. The molecule has 10 heavy (non-hydrogen) atoms. The maximum atomic E-state index is 10.2. The van der Waals surface area contributed by atoms with Crippen molar-refractivity contribution >= 4 is 12.1 Å². The molecule has 1 aromatic heterocycles. The van der Waals surface area contributed by atoms with Crippen molar-refractivity contribution in [2.24, 2.45) is 0 Å². The molecule has 1 rings (SSSR count). The van der Waals surface area contributed by atoms with Gasteiger partial charge >= 0.3 is 0 Å². The van der Waals surface area contributed by atoms with Gasteiger partial charge in [-0.25, -0.2) is 0 Å². The van der Waals surface area contributed by atoms with Gasteiger partial charge < -0.3 is 9.32 Å². The lowest BCUT2D eigenvalue weighted by Crippen LogP contribution is -2.13. The van der Waals surface area contributed by atoms with E-state index in [-0.39, 0.29) is 0 Å². The molecule has 0 aliphatic heterocycles. The summed E-state index contributed by atoms with van der Waals surface area (Å²) in [4.78, 5) is 11.7. The minimum absolute atomic E-state index is 0.748. The number of hydrogen-bond donors (Lipinski definition) is 0. The molecule has 1 amide bonds. The largest absolute Gasteiger partial charge is 0.470 e. The van der Waals surface area contributed by atoms with E-state index in [1.807, 2.05) is 6.92 Å². The van der Waals surface area contributed by atoms with Crippen molar-refractivity contribution in [3.63, 3.8) is 0 Å². The number of carbonyl (C=O) groups excluding carboxylic acids is 1. The summed E-state index contributed by atoms with van der Waals surface area (Å²) in [6, 6.07) is 0. The Labute approximate surface area is 59.2 Å². The maximum Gasteiger partial charge on any atom is 0.213 e. The Bertz CT molecular complexity index is 229. The minimum Gasteiger partial charge on any atom is -0.470 e. The Morgan fingerprint density at radius 3 is 2.70 bits per heavy atom. The van der Waals surface area contributed by atoms with Gasteiger partial charge in [-0.3, -0.25) is 4.79 Å². The summed E-state index contributed by atoms with van der Waals surface area (Å²) < 4.78 is 4.87. The van der Waals surface area contributed by atoms with E-state index >= 15 is 0 Å². The van der Waals surface area contributed by atoms with Gasteiger partial charge in [-0.15, -0.1) is 0 Å². The molecular weight excluding hydrogens is 130 g/mol. The summed E-state index contributed by atoms with van der Waals surface area (Å²) in [6.45, 7) is 1.89. The van der Waals surface area contributed by atoms with Gasteiger partial charge in [0.15, 0.2) is 0 Å². The molecular formula is C7H9NO2. The molecule has 3 heteroatoms. The van der Waals surface area contributed by atoms with Crippen LogP contribution in [0, 0.1) is 6.92 Å². The first-order valence-corrected chi connectivity index (χ1v) is 2.96. The van der Waals surface area contributed by atoms with E-state index in [0.717, 1.165) is 17.7 Å². The summed E-state index contributed by atoms with van der Waals surface area (Å²) in [5, 5.41) is 0. The molecule has 0 N–H and O–H groups in total. The van der Waals surface area contributed by atoms with Crippen LogP contribution in [0.5, 0.6) is 0 Å². The summed E-state index contributed by atoms with van der Waals surface area (Å²) in [6.07, 6.45) is 3.90. The van der Waals surface area contributed by atoms with Gasteiger partial charge in [0, 0.05) is 12.6 Å². The maximum absolute atomic E-state index is 10.2. The predicted octanol–water partition coefficient (Wildman–Crippen LogP) is 1.18. The summed E-state index contributed by atoms with van der Waals surface area (Å²) >= 11 is 0. The van der Waals surface area contributed by atoms with E-state index in [4.69, 9.17) is 4.42 Å². The molecule has 0 atom stereocenters. The van der Waals surface area contributed by atoms with Crippen LogP contribution in [0.25, 0.3) is 0 Å². The molecule has 0 bridgehead atoms. The predicted molar refractivity (Wildman–Crippen MR) is 37.9 cm³/mol.